The number of carbonyl (C=O) groups excluding carboxylic acids is 1. The molecule has 0 bridgehead atoms. The van der Waals surface area contributed by atoms with Gasteiger partial charge in [-0.2, -0.15) is 5.10 Å². The third kappa shape index (κ3) is 3.23. The molecule has 3 rings (SSSR count). The van der Waals surface area contributed by atoms with Gasteiger partial charge >= 0.3 is 5.97 Å². The molecule has 10 heteroatoms. The maximum atomic E-state index is 12.3. The molecule has 0 saturated carbocycles. The zero-order valence-electron chi connectivity index (χ0n) is 12.6. The average Bonchev–Trinajstić information content (AvgIpc) is 3.14. The second-order valence-electron chi connectivity index (χ2n) is 4.87. The molecule has 2 aromatic heterocycles. The Balaban J connectivity index is 1.82. The summed E-state index contributed by atoms with van der Waals surface area (Å²) in [6.45, 7) is 1.82. The monoisotopic (exact) mass is 350 g/mol. The lowest BCUT2D eigenvalue weighted by molar-refractivity contribution is 0.0527. The molecule has 2 heterocycles. The lowest BCUT2D eigenvalue weighted by Crippen LogP contribution is -2.18. The fraction of sp³-hybridized carbons (Fsp3) is 0.214. The standard InChI is InChI=1S/C14H14N4O5S/c1-2-22-14(19)10-7-15-16-13(10)18-24(20,21)8-11-9-5-3-4-6-12(9)23-17-11/h3-7H,2,8H2,1H3,(H2,15,16,18). The van der Waals surface area contributed by atoms with E-state index in [0.717, 1.165) is 0 Å². The predicted molar refractivity (Wildman–Crippen MR) is 84.8 cm³/mol. The van der Waals surface area contributed by atoms with Gasteiger partial charge in [0, 0.05) is 5.39 Å². The molecule has 0 aliphatic rings. The molecule has 0 unspecified atom stereocenters. The lowest BCUT2D eigenvalue weighted by Gasteiger charge is -2.06. The van der Waals surface area contributed by atoms with Crippen molar-refractivity contribution in [3.05, 3.63) is 41.7 Å². The number of aromatic amines is 1. The minimum Gasteiger partial charge on any atom is -0.462 e. The summed E-state index contributed by atoms with van der Waals surface area (Å²) in [5.74, 6) is -1.14. The third-order valence-electron chi connectivity index (χ3n) is 3.17. The van der Waals surface area contributed by atoms with Crippen molar-refractivity contribution in [3.63, 3.8) is 0 Å². The summed E-state index contributed by atoms with van der Waals surface area (Å²) >= 11 is 0. The van der Waals surface area contributed by atoms with Gasteiger partial charge in [-0.15, -0.1) is 0 Å². The highest BCUT2D eigenvalue weighted by Crippen LogP contribution is 2.21. The smallest absolute Gasteiger partial charge is 0.343 e. The summed E-state index contributed by atoms with van der Waals surface area (Å²) in [7, 11) is -3.84. The quantitative estimate of drug-likeness (QED) is 0.647. The number of benzene rings is 1. The molecule has 0 radical (unpaired) electrons. The summed E-state index contributed by atoms with van der Waals surface area (Å²) in [5, 5.41) is 10.5. The molecule has 0 spiro atoms. The van der Waals surface area contributed by atoms with Crippen LogP contribution in [-0.4, -0.2) is 36.3 Å². The van der Waals surface area contributed by atoms with Crippen LogP contribution in [-0.2, 0) is 20.5 Å². The van der Waals surface area contributed by atoms with Crippen molar-refractivity contribution < 1.29 is 22.5 Å². The van der Waals surface area contributed by atoms with Gasteiger partial charge in [-0.3, -0.25) is 9.82 Å². The SMILES string of the molecule is CCOC(=O)c1cn[nH]c1NS(=O)(=O)Cc1noc2ccccc12. The number of nitrogens with one attached hydrogen (secondary N) is 2. The van der Waals surface area contributed by atoms with Crippen molar-refractivity contribution in [1.82, 2.24) is 15.4 Å². The number of rotatable bonds is 6. The van der Waals surface area contributed by atoms with Crippen LogP contribution in [0.15, 0.2) is 35.0 Å². The van der Waals surface area contributed by atoms with E-state index >= 15 is 0 Å². The number of ether oxygens (including phenoxy) is 1. The summed E-state index contributed by atoms with van der Waals surface area (Å²) < 4.78 is 36.9. The van der Waals surface area contributed by atoms with E-state index in [1.807, 2.05) is 0 Å². The van der Waals surface area contributed by atoms with Crippen LogP contribution in [0.1, 0.15) is 23.0 Å². The van der Waals surface area contributed by atoms with Gasteiger partial charge in [0.05, 0.1) is 12.8 Å². The maximum Gasteiger partial charge on any atom is 0.343 e. The number of sulfonamides is 1. The third-order valence-corrected chi connectivity index (χ3v) is 4.34. The van der Waals surface area contributed by atoms with Crippen molar-refractivity contribution in [3.8, 4) is 0 Å². The maximum absolute atomic E-state index is 12.3. The van der Waals surface area contributed by atoms with Gasteiger partial charge in [0.15, 0.2) is 5.58 Å². The van der Waals surface area contributed by atoms with Gasteiger partial charge in [0.1, 0.15) is 22.8 Å². The molecule has 24 heavy (non-hydrogen) atoms. The van der Waals surface area contributed by atoms with E-state index in [0.29, 0.717) is 11.0 Å². The minimum absolute atomic E-state index is 0.00503. The van der Waals surface area contributed by atoms with Crippen LogP contribution in [0.4, 0.5) is 5.82 Å². The molecular formula is C14H14N4O5S. The van der Waals surface area contributed by atoms with E-state index in [9.17, 15) is 13.2 Å². The van der Waals surface area contributed by atoms with Crippen LogP contribution in [0.3, 0.4) is 0 Å². The molecule has 0 aliphatic carbocycles. The molecule has 0 amide bonds. The Morgan fingerprint density at radius 1 is 1.38 bits per heavy atom. The number of esters is 1. The van der Waals surface area contributed by atoms with Gasteiger partial charge in [-0.25, -0.2) is 13.2 Å². The number of anilines is 1. The molecule has 9 nitrogen and oxygen atoms in total. The molecule has 0 atom stereocenters. The van der Waals surface area contributed by atoms with Crippen molar-refractivity contribution >= 4 is 32.8 Å². The molecule has 1 aromatic carbocycles. The topological polar surface area (TPSA) is 127 Å². The number of nitrogens with zero attached hydrogens (tertiary/aromatic N) is 2. The highest BCUT2D eigenvalue weighted by molar-refractivity contribution is 7.91. The Morgan fingerprint density at radius 2 is 2.17 bits per heavy atom. The molecule has 2 N–H and O–H groups in total. The number of hydrogen-bond acceptors (Lipinski definition) is 7. The van der Waals surface area contributed by atoms with Gasteiger partial charge in [0.25, 0.3) is 0 Å². The van der Waals surface area contributed by atoms with Gasteiger partial charge in [0.2, 0.25) is 10.0 Å². The van der Waals surface area contributed by atoms with Crippen LogP contribution in [0, 0.1) is 0 Å². The fourth-order valence-corrected chi connectivity index (χ4v) is 3.25. The predicted octanol–water partition coefficient (Wildman–Crippen LogP) is 1.67. The normalized spacial score (nSPS) is 11.5. The summed E-state index contributed by atoms with van der Waals surface area (Å²) in [6.07, 6.45) is 1.20. The number of H-pyrrole nitrogens is 1. The highest BCUT2D eigenvalue weighted by atomic mass is 32.2. The van der Waals surface area contributed by atoms with Crippen LogP contribution in [0.2, 0.25) is 0 Å². The van der Waals surface area contributed by atoms with Crippen LogP contribution < -0.4 is 4.72 Å². The van der Waals surface area contributed by atoms with E-state index in [4.69, 9.17) is 9.26 Å². The molecule has 126 valence electrons. The molecule has 0 aliphatic heterocycles. The Kier molecular flexibility index (Phi) is 4.21. The van der Waals surface area contributed by atoms with Gasteiger partial charge in [-0.1, -0.05) is 17.3 Å². The summed E-state index contributed by atoms with van der Waals surface area (Å²) in [6, 6.07) is 6.94. The Morgan fingerprint density at radius 3 is 2.96 bits per heavy atom. The molecule has 0 fully saturated rings. The minimum atomic E-state index is -3.84. The Hall–Kier alpha value is -2.88. The van der Waals surface area contributed by atoms with E-state index in [1.54, 1.807) is 31.2 Å². The first kappa shape index (κ1) is 16.0. The van der Waals surface area contributed by atoms with Gasteiger partial charge in [-0.05, 0) is 19.1 Å². The molecule has 0 saturated heterocycles. The first-order valence-corrected chi connectivity index (χ1v) is 8.69. The molecular weight excluding hydrogens is 336 g/mol. The first-order valence-electron chi connectivity index (χ1n) is 7.04. The van der Waals surface area contributed by atoms with Crippen LogP contribution >= 0.6 is 0 Å². The van der Waals surface area contributed by atoms with Crippen molar-refractivity contribution in [1.29, 1.82) is 0 Å². The zero-order valence-corrected chi connectivity index (χ0v) is 13.5. The summed E-state index contributed by atoms with van der Waals surface area (Å²) in [4.78, 5) is 11.8. The van der Waals surface area contributed by atoms with Crippen LogP contribution in [0.5, 0.6) is 0 Å². The second kappa shape index (κ2) is 6.32. The highest BCUT2D eigenvalue weighted by Gasteiger charge is 2.22. The largest absolute Gasteiger partial charge is 0.462 e. The molecule has 3 aromatic rings. The van der Waals surface area contributed by atoms with Crippen molar-refractivity contribution in [2.45, 2.75) is 12.7 Å². The lowest BCUT2D eigenvalue weighted by atomic mass is 10.2. The average molecular weight is 350 g/mol. The first-order chi connectivity index (χ1) is 11.5. The van der Waals surface area contributed by atoms with Crippen molar-refractivity contribution in [2.24, 2.45) is 0 Å². The Bertz CT molecular complexity index is 976. The number of fused-ring (bicyclic) bond motifs is 1. The van der Waals surface area contributed by atoms with E-state index in [-0.39, 0.29) is 23.7 Å². The number of carbonyl (C=O) groups is 1. The zero-order chi connectivity index (χ0) is 17.2. The fourth-order valence-electron chi connectivity index (χ4n) is 2.14. The van der Waals surface area contributed by atoms with Crippen molar-refractivity contribution in [2.75, 3.05) is 11.3 Å². The number of hydrogen-bond donors (Lipinski definition) is 2. The van der Waals surface area contributed by atoms with E-state index in [2.05, 4.69) is 20.1 Å². The van der Waals surface area contributed by atoms with Crippen LogP contribution in [0.25, 0.3) is 11.0 Å². The number of para-hydroxylation sites is 1. The summed E-state index contributed by atoms with van der Waals surface area (Å²) in [5.41, 5.74) is 0.775. The Labute approximate surface area is 137 Å². The number of aromatic nitrogens is 3. The second-order valence-corrected chi connectivity index (χ2v) is 6.59. The van der Waals surface area contributed by atoms with Gasteiger partial charge < -0.3 is 9.26 Å². The van der Waals surface area contributed by atoms with E-state index < -0.39 is 21.7 Å². The van der Waals surface area contributed by atoms with E-state index in [1.165, 1.54) is 6.20 Å².